The van der Waals surface area contributed by atoms with E-state index in [2.05, 4.69) is 46.6 Å². The molecule has 0 aliphatic rings. The summed E-state index contributed by atoms with van der Waals surface area (Å²) in [4.78, 5) is 1.46. The Kier molecular flexibility index (Phi) is 3.49. The summed E-state index contributed by atoms with van der Waals surface area (Å²) >= 11 is 0. The van der Waals surface area contributed by atoms with Crippen LogP contribution in [0.1, 0.15) is 29.8 Å². The Balaban J connectivity index is 2.28. The van der Waals surface area contributed by atoms with Crippen LogP contribution >= 0.6 is 0 Å². The summed E-state index contributed by atoms with van der Waals surface area (Å²) < 4.78 is 0. The lowest BCUT2D eigenvalue weighted by Crippen LogP contribution is -2.15. The molecular weight excluding hydrogens is 214 g/mol. The minimum atomic E-state index is 0.0228. The van der Waals surface area contributed by atoms with Gasteiger partial charge in [0.05, 0.1) is 13.0 Å². The number of nitrogens with zero attached hydrogens (tertiary/aromatic N) is 4. The molecular formula is C12H17N5. The molecule has 17 heavy (non-hydrogen) atoms. The molecule has 90 valence electrons. The number of nitrogens with two attached hydrogens (primary N) is 1. The topological polar surface area (TPSA) is 69.6 Å². The van der Waals surface area contributed by atoms with Crippen LogP contribution in [0.2, 0.25) is 0 Å². The number of rotatable bonds is 4. The zero-order valence-corrected chi connectivity index (χ0v) is 10.2. The Morgan fingerprint density at radius 2 is 2.00 bits per heavy atom. The summed E-state index contributed by atoms with van der Waals surface area (Å²) in [6.45, 7) is 2.62. The maximum absolute atomic E-state index is 5.80. The van der Waals surface area contributed by atoms with Crippen molar-refractivity contribution < 1.29 is 0 Å². The SMILES string of the molecule is CCc1ccc(C(CN)c2nnn(C)n2)cc1. The van der Waals surface area contributed by atoms with E-state index in [-0.39, 0.29) is 5.92 Å². The molecule has 5 nitrogen and oxygen atoms in total. The van der Waals surface area contributed by atoms with Crippen LogP contribution in [0, 0.1) is 0 Å². The molecule has 5 heteroatoms. The van der Waals surface area contributed by atoms with Crippen LogP contribution < -0.4 is 5.73 Å². The van der Waals surface area contributed by atoms with Crippen molar-refractivity contribution >= 4 is 0 Å². The highest BCUT2D eigenvalue weighted by Gasteiger charge is 2.17. The highest BCUT2D eigenvalue weighted by molar-refractivity contribution is 5.29. The predicted octanol–water partition coefficient (Wildman–Crippen LogP) is 0.863. The molecule has 0 radical (unpaired) electrons. The van der Waals surface area contributed by atoms with Gasteiger partial charge in [0.1, 0.15) is 0 Å². The first-order valence-electron chi connectivity index (χ1n) is 5.77. The standard InChI is InChI=1S/C12H17N5/c1-3-9-4-6-10(7-5-9)11(8-13)12-14-16-17(2)15-12/h4-7,11H,3,8,13H2,1-2H3. The number of hydrogen-bond acceptors (Lipinski definition) is 4. The van der Waals surface area contributed by atoms with Crippen molar-refractivity contribution in [2.45, 2.75) is 19.3 Å². The highest BCUT2D eigenvalue weighted by Crippen LogP contribution is 2.20. The third kappa shape index (κ3) is 2.50. The van der Waals surface area contributed by atoms with Crippen LogP contribution in [0.25, 0.3) is 0 Å². The van der Waals surface area contributed by atoms with E-state index in [0.717, 1.165) is 12.0 Å². The van der Waals surface area contributed by atoms with Crippen molar-refractivity contribution in [2.24, 2.45) is 12.8 Å². The normalized spacial score (nSPS) is 12.6. The fraction of sp³-hybridized carbons (Fsp3) is 0.417. The summed E-state index contributed by atoms with van der Waals surface area (Å²) in [6.07, 6.45) is 1.04. The van der Waals surface area contributed by atoms with Crippen LogP contribution in [-0.2, 0) is 13.5 Å². The van der Waals surface area contributed by atoms with Gasteiger partial charge in [-0.15, -0.1) is 10.2 Å². The molecule has 2 N–H and O–H groups in total. The Bertz CT molecular complexity index is 474. The van der Waals surface area contributed by atoms with E-state index in [1.165, 1.54) is 10.4 Å². The smallest absolute Gasteiger partial charge is 0.183 e. The molecule has 0 saturated heterocycles. The summed E-state index contributed by atoms with van der Waals surface area (Å²) in [6, 6.07) is 8.42. The van der Waals surface area contributed by atoms with Crippen molar-refractivity contribution in [3.8, 4) is 0 Å². The van der Waals surface area contributed by atoms with Gasteiger partial charge in [-0.3, -0.25) is 0 Å². The first-order chi connectivity index (χ1) is 8.24. The molecule has 0 fully saturated rings. The number of tetrazole rings is 1. The third-order valence-corrected chi connectivity index (χ3v) is 2.86. The molecule has 2 aromatic rings. The Morgan fingerprint density at radius 3 is 2.47 bits per heavy atom. The van der Waals surface area contributed by atoms with E-state index in [1.807, 2.05) is 0 Å². The molecule has 0 amide bonds. The molecule has 1 heterocycles. The lowest BCUT2D eigenvalue weighted by molar-refractivity contribution is 0.624. The summed E-state index contributed by atoms with van der Waals surface area (Å²) in [7, 11) is 1.75. The van der Waals surface area contributed by atoms with Crippen molar-refractivity contribution in [3.63, 3.8) is 0 Å². The molecule has 1 aromatic carbocycles. The van der Waals surface area contributed by atoms with Crippen LogP contribution in [0.3, 0.4) is 0 Å². The average molecular weight is 231 g/mol. The minimum Gasteiger partial charge on any atom is -0.329 e. The molecule has 0 spiro atoms. The second-order valence-corrected chi connectivity index (χ2v) is 4.02. The van der Waals surface area contributed by atoms with E-state index in [0.29, 0.717) is 12.4 Å². The number of hydrogen-bond donors (Lipinski definition) is 1. The van der Waals surface area contributed by atoms with Crippen LogP contribution in [0.15, 0.2) is 24.3 Å². The molecule has 0 aliphatic heterocycles. The molecule has 2 rings (SSSR count). The second-order valence-electron chi connectivity index (χ2n) is 4.02. The Labute approximate surface area is 101 Å². The lowest BCUT2D eigenvalue weighted by atomic mass is 9.97. The Morgan fingerprint density at radius 1 is 1.29 bits per heavy atom. The van der Waals surface area contributed by atoms with Crippen molar-refractivity contribution in [1.29, 1.82) is 0 Å². The van der Waals surface area contributed by atoms with Gasteiger partial charge in [0.2, 0.25) is 0 Å². The van der Waals surface area contributed by atoms with Crippen molar-refractivity contribution in [2.75, 3.05) is 6.54 Å². The molecule has 0 aliphatic carbocycles. The lowest BCUT2D eigenvalue weighted by Gasteiger charge is -2.11. The third-order valence-electron chi connectivity index (χ3n) is 2.86. The number of benzene rings is 1. The van der Waals surface area contributed by atoms with Crippen LogP contribution in [0.5, 0.6) is 0 Å². The van der Waals surface area contributed by atoms with E-state index >= 15 is 0 Å². The monoisotopic (exact) mass is 231 g/mol. The fourth-order valence-corrected chi connectivity index (χ4v) is 1.81. The van der Waals surface area contributed by atoms with Gasteiger partial charge >= 0.3 is 0 Å². The largest absolute Gasteiger partial charge is 0.329 e. The maximum atomic E-state index is 5.80. The first-order valence-corrected chi connectivity index (χ1v) is 5.77. The van der Waals surface area contributed by atoms with Crippen molar-refractivity contribution in [1.82, 2.24) is 20.2 Å². The van der Waals surface area contributed by atoms with Crippen LogP contribution in [0.4, 0.5) is 0 Å². The van der Waals surface area contributed by atoms with E-state index in [1.54, 1.807) is 7.05 Å². The van der Waals surface area contributed by atoms with E-state index in [9.17, 15) is 0 Å². The molecule has 1 aromatic heterocycles. The van der Waals surface area contributed by atoms with Crippen molar-refractivity contribution in [3.05, 3.63) is 41.2 Å². The average Bonchev–Trinajstić information content (AvgIpc) is 2.78. The van der Waals surface area contributed by atoms with E-state index in [4.69, 9.17) is 5.73 Å². The van der Waals surface area contributed by atoms with Crippen LogP contribution in [-0.4, -0.2) is 26.8 Å². The minimum absolute atomic E-state index is 0.0228. The number of aryl methyl sites for hydroxylation is 2. The van der Waals surface area contributed by atoms with Gasteiger partial charge in [0, 0.05) is 6.54 Å². The second kappa shape index (κ2) is 5.05. The van der Waals surface area contributed by atoms with E-state index < -0.39 is 0 Å². The molecule has 1 atom stereocenters. The fourth-order valence-electron chi connectivity index (χ4n) is 1.81. The van der Waals surface area contributed by atoms with Gasteiger partial charge in [-0.1, -0.05) is 31.2 Å². The quantitative estimate of drug-likeness (QED) is 0.847. The zero-order valence-electron chi connectivity index (χ0n) is 10.2. The molecule has 1 unspecified atom stereocenters. The van der Waals surface area contributed by atoms with Gasteiger partial charge in [-0.25, -0.2) is 0 Å². The summed E-state index contributed by atoms with van der Waals surface area (Å²) in [5, 5.41) is 12.1. The van der Waals surface area contributed by atoms with Gasteiger partial charge in [0.25, 0.3) is 0 Å². The maximum Gasteiger partial charge on any atom is 0.183 e. The first kappa shape index (κ1) is 11.7. The zero-order chi connectivity index (χ0) is 12.3. The summed E-state index contributed by atoms with van der Waals surface area (Å²) in [5.41, 5.74) is 8.25. The number of aromatic nitrogens is 4. The van der Waals surface area contributed by atoms with Gasteiger partial charge in [0.15, 0.2) is 5.82 Å². The van der Waals surface area contributed by atoms with Gasteiger partial charge in [-0.05, 0) is 22.8 Å². The Hall–Kier alpha value is -1.75. The predicted molar refractivity (Wildman–Crippen MR) is 65.5 cm³/mol. The van der Waals surface area contributed by atoms with Gasteiger partial charge < -0.3 is 5.73 Å². The van der Waals surface area contributed by atoms with Gasteiger partial charge in [-0.2, -0.15) is 4.80 Å². The molecule has 0 saturated carbocycles. The summed E-state index contributed by atoms with van der Waals surface area (Å²) in [5.74, 6) is 0.703. The molecule has 0 bridgehead atoms. The highest BCUT2D eigenvalue weighted by atomic mass is 15.6.